The van der Waals surface area contributed by atoms with Crippen molar-refractivity contribution in [1.82, 2.24) is 9.97 Å². The molecule has 1 heterocycles. The molecule has 126 valence electrons. The average molecular weight is 368 g/mol. The maximum absolute atomic E-state index is 12.8. The topological polar surface area (TPSA) is 93.3 Å². The lowest BCUT2D eigenvalue weighted by Crippen LogP contribution is -2.14. The summed E-state index contributed by atoms with van der Waals surface area (Å²) in [7, 11) is -1.17. The van der Waals surface area contributed by atoms with Crippen LogP contribution >= 0.6 is 11.6 Å². The van der Waals surface area contributed by atoms with Crippen molar-refractivity contribution in [2.45, 2.75) is 4.90 Å². The van der Waals surface area contributed by atoms with E-state index < -0.39 is 10.0 Å². The number of H-pyrrole nitrogens is 1. The number of imidazole rings is 1. The molecule has 0 aliphatic carbocycles. The van der Waals surface area contributed by atoms with Crippen LogP contribution in [-0.2, 0) is 10.0 Å². The lowest BCUT2D eigenvalue weighted by atomic mass is 10.3. The summed E-state index contributed by atoms with van der Waals surface area (Å²) in [5, 5.41) is 0.253. The van der Waals surface area contributed by atoms with E-state index in [4.69, 9.17) is 21.1 Å². The zero-order valence-electron chi connectivity index (χ0n) is 12.8. The molecule has 9 heteroatoms. The number of aromatic nitrogens is 2. The highest BCUT2D eigenvalue weighted by atomic mass is 35.5. The van der Waals surface area contributed by atoms with Gasteiger partial charge in [0.25, 0.3) is 10.0 Å². The van der Waals surface area contributed by atoms with Gasteiger partial charge in [0.15, 0.2) is 0 Å². The van der Waals surface area contributed by atoms with E-state index in [1.807, 2.05) is 0 Å². The number of benzene rings is 2. The highest BCUT2D eigenvalue weighted by molar-refractivity contribution is 7.92. The van der Waals surface area contributed by atoms with Crippen molar-refractivity contribution in [3.05, 3.63) is 41.7 Å². The Morgan fingerprint density at radius 1 is 1.17 bits per heavy atom. The second-order valence-electron chi connectivity index (χ2n) is 4.85. The maximum atomic E-state index is 12.8. The zero-order chi connectivity index (χ0) is 17.3. The molecule has 0 atom stereocenters. The molecule has 2 N–H and O–H groups in total. The lowest BCUT2D eigenvalue weighted by molar-refractivity contribution is 0.392. The number of hydrogen-bond acceptors (Lipinski definition) is 5. The van der Waals surface area contributed by atoms with Crippen LogP contribution in [0, 0.1) is 0 Å². The molecule has 3 rings (SSSR count). The van der Waals surface area contributed by atoms with Crippen LogP contribution in [-0.4, -0.2) is 32.6 Å². The second-order valence-corrected chi connectivity index (χ2v) is 6.91. The Kier molecular flexibility index (Phi) is 4.25. The fourth-order valence-corrected chi connectivity index (χ4v) is 3.75. The third-order valence-corrected chi connectivity index (χ3v) is 5.10. The normalized spacial score (nSPS) is 11.5. The third-order valence-electron chi connectivity index (χ3n) is 3.42. The molecule has 0 radical (unpaired) electrons. The van der Waals surface area contributed by atoms with E-state index in [1.54, 1.807) is 18.2 Å². The molecule has 24 heavy (non-hydrogen) atoms. The molecule has 0 spiro atoms. The Balaban J connectivity index is 2.09. The highest BCUT2D eigenvalue weighted by Gasteiger charge is 2.23. The Hall–Kier alpha value is -2.45. The van der Waals surface area contributed by atoms with E-state index in [0.29, 0.717) is 11.2 Å². The molecule has 0 aliphatic rings. The largest absolute Gasteiger partial charge is 0.495 e. The summed E-state index contributed by atoms with van der Waals surface area (Å²) in [6, 6.07) is 7.85. The molecule has 1 aromatic heterocycles. The fraction of sp³-hybridized carbons (Fsp3) is 0.133. The van der Waals surface area contributed by atoms with Gasteiger partial charge in [-0.2, -0.15) is 0 Å². The van der Waals surface area contributed by atoms with Gasteiger partial charge in [0.05, 0.1) is 36.8 Å². The number of nitrogens with one attached hydrogen (secondary N) is 2. The number of methoxy groups -OCH3 is 2. The summed E-state index contributed by atoms with van der Waals surface area (Å²) in [6.45, 7) is 0. The number of halogens is 1. The lowest BCUT2D eigenvalue weighted by Gasteiger charge is -2.14. The summed E-state index contributed by atoms with van der Waals surface area (Å²) in [5.74, 6) is 0.346. The fourth-order valence-electron chi connectivity index (χ4n) is 2.29. The highest BCUT2D eigenvalue weighted by Crippen LogP contribution is 2.36. The molecule has 2 aromatic carbocycles. The van der Waals surface area contributed by atoms with Gasteiger partial charge < -0.3 is 14.5 Å². The first-order valence-corrected chi connectivity index (χ1v) is 8.69. The van der Waals surface area contributed by atoms with Crippen LogP contribution < -0.4 is 14.2 Å². The van der Waals surface area contributed by atoms with Crippen LogP contribution in [0.5, 0.6) is 11.5 Å². The molecule has 0 unspecified atom stereocenters. The van der Waals surface area contributed by atoms with Crippen molar-refractivity contribution < 1.29 is 17.9 Å². The number of sulfonamides is 1. The zero-order valence-corrected chi connectivity index (χ0v) is 14.4. The predicted octanol–water partition coefficient (Wildman–Crippen LogP) is 3.03. The number of rotatable bonds is 5. The Morgan fingerprint density at radius 3 is 2.62 bits per heavy atom. The van der Waals surface area contributed by atoms with Gasteiger partial charge in [-0.3, -0.25) is 4.72 Å². The molecule has 3 aromatic rings. The SMILES string of the molecule is COc1cc(S(=O)(=O)Nc2cccc3[nH]cnc23)c(OC)cc1Cl. The summed E-state index contributed by atoms with van der Waals surface area (Å²) >= 11 is 6.02. The number of hydrogen-bond donors (Lipinski definition) is 2. The van der Waals surface area contributed by atoms with Crippen molar-refractivity contribution in [3.63, 3.8) is 0 Å². The summed E-state index contributed by atoms with van der Waals surface area (Å²) in [4.78, 5) is 6.97. The van der Waals surface area contributed by atoms with Crippen molar-refractivity contribution >= 4 is 38.3 Å². The van der Waals surface area contributed by atoms with Gasteiger partial charge in [-0.1, -0.05) is 17.7 Å². The van der Waals surface area contributed by atoms with Gasteiger partial charge in [0.1, 0.15) is 21.9 Å². The minimum atomic E-state index is -3.94. The van der Waals surface area contributed by atoms with Gasteiger partial charge in [0.2, 0.25) is 0 Å². The van der Waals surface area contributed by atoms with Crippen molar-refractivity contribution in [2.75, 3.05) is 18.9 Å². The van der Waals surface area contributed by atoms with E-state index in [2.05, 4.69) is 14.7 Å². The van der Waals surface area contributed by atoms with E-state index in [9.17, 15) is 8.42 Å². The van der Waals surface area contributed by atoms with Crippen LogP contribution in [0.3, 0.4) is 0 Å². The van der Waals surface area contributed by atoms with Crippen LogP contribution in [0.4, 0.5) is 5.69 Å². The van der Waals surface area contributed by atoms with Crippen LogP contribution in [0.1, 0.15) is 0 Å². The van der Waals surface area contributed by atoms with Gasteiger partial charge in [-0.05, 0) is 12.1 Å². The van der Waals surface area contributed by atoms with E-state index in [0.717, 1.165) is 5.52 Å². The quantitative estimate of drug-likeness (QED) is 0.723. The van der Waals surface area contributed by atoms with E-state index in [-0.39, 0.29) is 21.4 Å². The van der Waals surface area contributed by atoms with Gasteiger partial charge >= 0.3 is 0 Å². The first-order chi connectivity index (χ1) is 11.5. The molecular formula is C15H14ClN3O4S. The van der Waals surface area contributed by atoms with Crippen LogP contribution in [0.2, 0.25) is 5.02 Å². The average Bonchev–Trinajstić information content (AvgIpc) is 3.03. The van der Waals surface area contributed by atoms with E-state index in [1.165, 1.54) is 32.7 Å². The molecule has 0 fully saturated rings. The monoisotopic (exact) mass is 367 g/mol. The summed E-state index contributed by atoms with van der Waals surface area (Å²) in [6.07, 6.45) is 1.49. The molecule has 0 bridgehead atoms. The minimum Gasteiger partial charge on any atom is -0.495 e. The Bertz CT molecular complexity index is 1000. The number of aromatic amines is 1. The summed E-state index contributed by atoms with van der Waals surface area (Å²) in [5.41, 5.74) is 1.58. The van der Waals surface area contributed by atoms with Crippen molar-refractivity contribution in [3.8, 4) is 11.5 Å². The standard InChI is InChI=1S/C15H14ClN3O4S/c1-22-12-7-14(13(23-2)6-9(12)16)24(20,21)19-11-5-3-4-10-15(11)18-8-17-10/h3-8,19H,1-2H3,(H,17,18). The predicted molar refractivity (Wildman–Crippen MR) is 91.5 cm³/mol. The van der Waals surface area contributed by atoms with Gasteiger partial charge in [0, 0.05) is 12.1 Å². The smallest absolute Gasteiger partial charge is 0.265 e. The third kappa shape index (κ3) is 2.85. The Labute approximate surface area is 143 Å². The van der Waals surface area contributed by atoms with Crippen molar-refractivity contribution in [2.24, 2.45) is 0 Å². The van der Waals surface area contributed by atoms with E-state index >= 15 is 0 Å². The molecular weight excluding hydrogens is 354 g/mol. The van der Waals surface area contributed by atoms with Crippen molar-refractivity contribution in [1.29, 1.82) is 0 Å². The maximum Gasteiger partial charge on any atom is 0.265 e. The first kappa shape index (κ1) is 16.4. The minimum absolute atomic E-state index is 0.0845. The molecule has 0 saturated carbocycles. The number of ether oxygens (including phenoxy) is 2. The molecule has 7 nitrogen and oxygen atoms in total. The number of fused-ring (bicyclic) bond motifs is 1. The molecule has 0 aliphatic heterocycles. The summed E-state index contributed by atoms with van der Waals surface area (Å²) < 4.78 is 38.3. The Morgan fingerprint density at radius 2 is 1.92 bits per heavy atom. The number of para-hydroxylation sites is 1. The second kappa shape index (κ2) is 6.21. The molecule has 0 amide bonds. The first-order valence-electron chi connectivity index (χ1n) is 6.82. The molecule has 0 saturated heterocycles. The number of nitrogens with zero attached hydrogens (tertiary/aromatic N) is 1. The van der Waals surface area contributed by atoms with Crippen LogP contribution in [0.25, 0.3) is 11.0 Å². The van der Waals surface area contributed by atoms with Crippen LogP contribution in [0.15, 0.2) is 41.6 Å². The van der Waals surface area contributed by atoms with Gasteiger partial charge in [-0.25, -0.2) is 13.4 Å². The number of anilines is 1. The van der Waals surface area contributed by atoms with Gasteiger partial charge in [-0.15, -0.1) is 0 Å².